The Bertz CT molecular complexity index is 430. The quantitative estimate of drug-likeness (QED) is 0.806. The maximum absolute atomic E-state index is 11.5. The van der Waals surface area contributed by atoms with Gasteiger partial charge in [-0.2, -0.15) is 0 Å². The van der Waals surface area contributed by atoms with Crippen LogP contribution in [-0.2, 0) is 4.79 Å². The number of hydrogen-bond donors (Lipinski definition) is 2. The van der Waals surface area contributed by atoms with Gasteiger partial charge in [0, 0.05) is 17.6 Å². The van der Waals surface area contributed by atoms with Gasteiger partial charge in [0.2, 0.25) is 5.91 Å². The Labute approximate surface area is 112 Å². The summed E-state index contributed by atoms with van der Waals surface area (Å²) in [5.41, 5.74) is 0.863. The molecule has 0 heterocycles. The minimum Gasteiger partial charge on any atom is -0.391 e. The second-order valence-electron chi connectivity index (χ2n) is 4.44. The van der Waals surface area contributed by atoms with E-state index in [-0.39, 0.29) is 18.4 Å². The number of carbonyl (C=O) groups is 1. The molecule has 0 radical (unpaired) electrons. The largest absolute Gasteiger partial charge is 0.391 e. The number of benzene rings is 1. The first-order valence-corrected chi connectivity index (χ1v) is 6.26. The van der Waals surface area contributed by atoms with Crippen molar-refractivity contribution in [1.29, 1.82) is 0 Å². The van der Waals surface area contributed by atoms with Gasteiger partial charge < -0.3 is 10.4 Å². The molecule has 18 heavy (non-hydrogen) atoms. The Balaban J connectivity index is 2.45. The Morgan fingerprint density at radius 2 is 2.22 bits per heavy atom. The van der Waals surface area contributed by atoms with Gasteiger partial charge in [-0.1, -0.05) is 37.6 Å². The van der Waals surface area contributed by atoms with E-state index in [1.54, 1.807) is 18.2 Å². The van der Waals surface area contributed by atoms with Gasteiger partial charge in [0.15, 0.2) is 0 Å². The molecule has 0 spiro atoms. The number of amides is 1. The lowest BCUT2D eigenvalue weighted by Gasteiger charge is -2.13. The highest BCUT2D eigenvalue weighted by atomic mass is 35.5. The molecule has 0 fully saturated rings. The van der Waals surface area contributed by atoms with Crippen LogP contribution in [0.4, 0.5) is 0 Å². The van der Waals surface area contributed by atoms with Crippen molar-refractivity contribution in [2.45, 2.75) is 20.0 Å². The van der Waals surface area contributed by atoms with Gasteiger partial charge in [0.05, 0.1) is 6.10 Å². The van der Waals surface area contributed by atoms with E-state index in [9.17, 15) is 9.90 Å². The van der Waals surface area contributed by atoms with Crippen LogP contribution in [0.15, 0.2) is 30.3 Å². The SMILES string of the molecule is CC(C)C(O)CNC(=O)/C=C/c1cccc(Cl)c1. The molecule has 0 saturated heterocycles. The Hall–Kier alpha value is -1.32. The van der Waals surface area contributed by atoms with Crippen molar-refractivity contribution in [3.8, 4) is 0 Å². The van der Waals surface area contributed by atoms with Crippen LogP contribution in [0.25, 0.3) is 6.08 Å². The minimum atomic E-state index is -0.520. The van der Waals surface area contributed by atoms with Crippen molar-refractivity contribution in [3.63, 3.8) is 0 Å². The maximum atomic E-state index is 11.5. The first kappa shape index (κ1) is 14.7. The highest BCUT2D eigenvalue weighted by Gasteiger charge is 2.09. The van der Waals surface area contributed by atoms with E-state index in [0.717, 1.165) is 5.56 Å². The van der Waals surface area contributed by atoms with E-state index in [0.29, 0.717) is 5.02 Å². The van der Waals surface area contributed by atoms with E-state index in [1.807, 2.05) is 26.0 Å². The summed E-state index contributed by atoms with van der Waals surface area (Å²) in [6.07, 6.45) is 2.59. The Morgan fingerprint density at radius 1 is 1.50 bits per heavy atom. The molecule has 4 heteroatoms. The zero-order chi connectivity index (χ0) is 13.5. The molecule has 98 valence electrons. The monoisotopic (exact) mass is 267 g/mol. The predicted molar refractivity (Wildman–Crippen MR) is 74.3 cm³/mol. The van der Waals surface area contributed by atoms with Crippen LogP contribution in [0, 0.1) is 5.92 Å². The third-order valence-corrected chi connectivity index (χ3v) is 2.77. The molecule has 0 saturated carbocycles. The molecule has 1 aromatic rings. The Kier molecular flexibility index (Phi) is 5.89. The van der Waals surface area contributed by atoms with Crippen LogP contribution in [0.3, 0.4) is 0 Å². The first-order chi connectivity index (χ1) is 8.49. The molecule has 1 unspecified atom stereocenters. The van der Waals surface area contributed by atoms with E-state index in [2.05, 4.69) is 5.32 Å². The topological polar surface area (TPSA) is 49.3 Å². The fourth-order valence-corrected chi connectivity index (χ4v) is 1.48. The third-order valence-electron chi connectivity index (χ3n) is 2.53. The summed E-state index contributed by atoms with van der Waals surface area (Å²) in [7, 11) is 0. The number of nitrogens with one attached hydrogen (secondary N) is 1. The van der Waals surface area contributed by atoms with Crippen molar-refractivity contribution in [1.82, 2.24) is 5.32 Å². The van der Waals surface area contributed by atoms with Gasteiger partial charge in [-0.3, -0.25) is 4.79 Å². The molecule has 3 nitrogen and oxygen atoms in total. The molecule has 0 aliphatic carbocycles. The van der Waals surface area contributed by atoms with Crippen molar-refractivity contribution < 1.29 is 9.90 Å². The molecule has 0 bridgehead atoms. The van der Waals surface area contributed by atoms with Crippen molar-refractivity contribution in [2.75, 3.05) is 6.54 Å². The molecule has 0 aliphatic heterocycles. The fourth-order valence-electron chi connectivity index (χ4n) is 1.28. The van der Waals surface area contributed by atoms with E-state index in [1.165, 1.54) is 6.08 Å². The standard InChI is InChI=1S/C14H18ClNO2/c1-10(2)13(17)9-16-14(18)7-6-11-4-3-5-12(15)8-11/h3-8,10,13,17H,9H2,1-2H3,(H,16,18)/b7-6+. The maximum Gasteiger partial charge on any atom is 0.244 e. The summed E-state index contributed by atoms with van der Waals surface area (Å²) in [5, 5.41) is 12.8. The normalized spacial score (nSPS) is 12.9. The van der Waals surface area contributed by atoms with Crippen molar-refractivity contribution in [2.24, 2.45) is 5.92 Å². The van der Waals surface area contributed by atoms with Gasteiger partial charge in [-0.05, 0) is 29.7 Å². The number of rotatable bonds is 5. The number of carbonyl (C=O) groups excluding carboxylic acids is 1. The number of aliphatic hydroxyl groups is 1. The minimum absolute atomic E-state index is 0.127. The zero-order valence-electron chi connectivity index (χ0n) is 10.6. The molecule has 0 aliphatic rings. The van der Waals surface area contributed by atoms with Crippen LogP contribution >= 0.6 is 11.6 Å². The summed E-state index contributed by atoms with van der Waals surface area (Å²) in [6, 6.07) is 7.23. The van der Waals surface area contributed by atoms with Crippen LogP contribution < -0.4 is 5.32 Å². The summed E-state index contributed by atoms with van der Waals surface area (Å²) in [4.78, 5) is 11.5. The molecule has 1 aromatic carbocycles. The summed E-state index contributed by atoms with van der Waals surface area (Å²) >= 11 is 5.83. The van der Waals surface area contributed by atoms with Crippen LogP contribution in [0.1, 0.15) is 19.4 Å². The fraction of sp³-hybridized carbons (Fsp3) is 0.357. The molecule has 1 atom stereocenters. The average molecular weight is 268 g/mol. The molecular weight excluding hydrogens is 250 g/mol. The highest BCUT2D eigenvalue weighted by Crippen LogP contribution is 2.11. The van der Waals surface area contributed by atoms with Crippen molar-refractivity contribution in [3.05, 3.63) is 40.9 Å². The second kappa shape index (κ2) is 7.19. The first-order valence-electron chi connectivity index (χ1n) is 5.88. The van der Waals surface area contributed by atoms with Gasteiger partial charge >= 0.3 is 0 Å². The lowest BCUT2D eigenvalue weighted by molar-refractivity contribution is -0.117. The Morgan fingerprint density at radius 3 is 2.83 bits per heavy atom. The van der Waals surface area contributed by atoms with E-state index >= 15 is 0 Å². The summed E-state index contributed by atoms with van der Waals surface area (Å²) < 4.78 is 0. The molecule has 0 aromatic heterocycles. The van der Waals surface area contributed by atoms with Crippen LogP contribution in [0.2, 0.25) is 5.02 Å². The highest BCUT2D eigenvalue weighted by molar-refractivity contribution is 6.30. The van der Waals surface area contributed by atoms with Crippen LogP contribution in [0.5, 0.6) is 0 Å². The smallest absolute Gasteiger partial charge is 0.244 e. The van der Waals surface area contributed by atoms with E-state index in [4.69, 9.17) is 11.6 Å². The third kappa shape index (κ3) is 5.34. The lowest BCUT2D eigenvalue weighted by atomic mass is 10.1. The predicted octanol–water partition coefficient (Wildman–Crippen LogP) is 2.49. The number of hydrogen-bond acceptors (Lipinski definition) is 2. The second-order valence-corrected chi connectivity index (χ2v) is 4.88. The van der Waals surface area contributed by atoms with E-state index < -0.39 is 6.10 Å². The average Bonchev–Trinajstić information content (AvgIpc) is 2.33. The van der Waals surface area contributed by atoms with Gasteiger partial charge in [0.25, 0.3) is 0 Å². The number of halogens is 1. The zero-order valence-corrected chi connectivity index (χ0v) is 11.3. The van der Waals surface area contributed by atoms with Gasteiger partial charge in [0.1, 0.15) is 0 Å². The number of aliphatic hydroxyl groups excluding tert-OH is 1. The molecular formula is C14H18ClNO2. The van der Waals surface area contributed by atoms with Crippen LogP contribution in [-0.4, -0.2) is 23.7 Å². The van der Waals surface area contributed by atoms with Gasteiger partial charge in [-0.15, -0.1) is 0 Å². The molecule has 2 N–H and O–H groups in total. The lowest BCUT2D eigenvalue weighted by Crippen LogP contribution is -2.33. The summed E-state index contributed by atoms with van der Waals surface area (Å²) in [6.45, 7) is 4.06. The van der Waals surface area contributed by atoms with Crippen molar-refractivity contribution >= 4 is 23.6 Å². The summed E-state index contributed by atoms with van der Waals surface area (Å²) in [5.74, 6) is -0.100. The molecule has 1 amide bonds. The molecule has 1 rings (SSSR count). The van der Waals surface area contributed by atoms with Gasteiger partial charge in [-0.25, -0.2) is 0 Å².